The summed E-state index contributed by atoms with van der Waals surface area (Å²) in [6.07, 6.45) is -4.41. The fourth-order valence-electron chi connectivity index (χ4n) is 0.804. The van der Waals surface area contributed by atoms with Crippen molar-refractivity contribution in [3.63, 3.8) is 0 Å². The van der Waals surface area contributed by atoms with E-state index in [-0.39, 0.29) is 5.13 Å². The second kappa shape index (κ2) is 5.54. The molecule has 96 valence electrons. The lowest BCUT2D eigenvalue weighted by atomic mass is 10.4. The molecule has 1 atom stereocenters. The molecule has 3 N–H and O–H groups in total. The van der Waals surface area contributed by atoms with E-state index in [9.17, 15) is 18.0 Å². The molecule has 0 bridgehead atoms. The van der Waals surface area contributed by atoms with Crippen LogP contribution < -0.4 is 11.1 Å². The molecule has 1 aromatic heterocycles. The number of carbonyl (C=O) groups excluding carboxylic acids is 1. The number of amides is 1. The quantitative estimate of drug-likeness (QED) is 0.815. The zero-order chi connectivity index (χ0) is 13.1. The molecule has 10 heteroatoms. The minimum atomic E-state index is -4.41. The Hall–Kier alpha value is -1.03. The van der Waals surface area contributed by atoms with Crippen molar-refractivity contribution in [2.75, 3.05) is 12.3 Å². The molecule has 5 nitrogen and oxygen atoms in total. The normalized spacial score (nSPS) is 13.4. The Kier molecular flexibility index (Phi) is 4.57. The topological polar surface area (TPSA) is 80.9 Å². The van der Waals surface area contributed by atoms with E-state index in [1.807, 2.05) is 0 Å². The fourth-order valence-corrected chi connectivity index (χ4v) is 2.61. The summed E-state index contributed by atoms with van der Waals surface area (Å²) in [6, 6.07) is 0. The SMILES string of the molecule is C[C@H](Sc1nnc(N)s1)C(=O)NCC(F)(F)F. The van der Waals surface area contributed by atoms with E-state index in [1.54, 1.807) is 5.32 Å². The standard InChI is InChI=1S/C7H9F3N4OS2/c1-3(4(15)12-2-7(8,9)10)16-6-14-13-5(11)17-6/h3H,2H2,1H3,(H2,11,13)(H,12,15)/t3-/m0/s1. The van der Waals surface area contributed by atoms with Crippen molar-refractivity contribution in [2.24, 2.45) is 0 Å². The molecule has 0 saturated heterocycles. The van der Waals surface area contributed by atoms with Crippen LogP contribution in [0.5, 0.6) is 0 Å². The smallest absolute Gasteiger partial charge is 0.374 e. The number of carbonyl (C=O) groups is 1. The number of hydrogen-bond donors (Lipinski definition) is 2. The molecule has 0 aliphatic rings. The molecule has 1 aromatic rings. The Morgan fingerprint density at radius 3 is 2.71 bits per heavy atom. The molecule has 0 saturated carbocycles. The molecule has 1 amide bonds. The highest BCUT2D eigenvalue weighted by atomic mass is 32.2. The Bertz CT molecular complexity index is 395. The number of nitrogens with zero attached hydrogens (tertiary/aromatic N) is 2. The largest absolute Gasteiger partial charge is 0.405 e. The molecular weight excluding hydrogens is 277 g/mol. The summed E-state index contributed by atoms with van der Waals surface area (Å²) in [5, 5.41) is 8.52. The second-order valence-electron chi connectivity index (χ2n) is 3.00. The van der Waals surface area contributed by atoms with Gasteiger partial charge >= 0.3 is 6.18 Å². The van der Waals surface area contributed by atoms with Gasteiger partial charge in [-0.05, 0) is 6.92 Å². The predicted molar refractivity (Wildman–Crippen MR) is 58.7 cm³/mol. The van der Waals surface area contributed by atoms with Crippen LogP contribution in [-0.4, -0.2) is 34.1 Å². The minimum absolute atomic E-state index is 0.246. The van der Waals surface area contributed by atoms with Crippen LogP contribution in [0.2, 0.25) is 0 Å². The third-order valence-electron chi connectivity index (χ3n) is 1.53. The monoisotopic (exact) mass is 286 g/mol. The lowest BCUT2D eigenvalue weighted by Gasteiger charge is -2.11. The van der Waals surface area contributed by atoms with Crippen molar-refractivity contribution in [3.05, 3.63) is 0 Å². The molecule has 0 unspecified atom stereocenters. The Morgan fingerprint density at radius 1 is 1.59 bits per heavy atom. The number of rotatable bonds is 4. The number of nitrogens with two attached hydrogens (primary N) is 1. The first-order valence-corrected chi connectivity index (χ1v) is 6.07. The summed E-state index contributed by atoms with van der Waals surface area (Å²) < 4.78 is 36.0. The van der Waals surface area contributed by atoms with E-state index < -0.39 is 23.9 Å². The van der Waals surface area contributed by atoms with Crippen molar-refractivity contribution in [1.29, 1.82) is 0 Å². The van der Waals surface area contributed by atoms with Gasteiger partial charge in [-0.25, -0.2) is 0 Å². The maximum Gasteiger partial charge on any atom is 0.405 e. The molecule has 0 fully saturated rings. The van der Waals surface area contributed by atoms with E-state index in [4.69, 9.17) is 5.73 Å². The Balaban J connectivity index is 2.42. The van der Waals surface area contributed by atoms with Crippen LogP contribution in [0.25, 0.3) is 0 Å². The Labute approximate surface area is 103 Å². The molecule has 0 aromatic carbocycles. The zero-order valence-electron chi connectivity index (χ0n) is 8.61. The van der Waals surface area contributed by atoms with E-state index in [0.29, 0.717) is 4.34 Å². The highest BCUT2D eigenvalue weighted by Crippen LogP contribution is 2.27. The number of nitrogen functional groups attached to an aromatic ring is 1. The van der Waals surface area contributed by atoms with E-state index in [1.165, 1.54) is 6.92 Å². The molecule has 0 radical (unpaired) electrons. The second-order valence-corrected chi connectivity index (χ2v) is 5.60. The zero-order valence-corrected chi connectivity index (χ0v) is 10.2. The van der Waals surface area contributed by atoms with Crippen LogP contribution in [0.4, 0.5) is 18.3 Å². The molecule has 0 spiro atoms. The number of anilines is 1. The van der Waals surface area contributed by atoms with Gasteiger partial charge in [-0.1, -0.05) is 23.1 Å². The van der Waals surface area contributed by atoms with Crippen LogP contribution in [-0.2, 0) is 4.79 Å². The third kappa shape index (κ3) is 5.22. The van der Waals surface area contributed by atoms with Crippen LogP contribution >= 0.6 is 23.1 Å². The number of halogens is 3. The first kappa shape index (κ1) is 14.0. The molecule has 0 aliphatic carbocycles. The maximum absolute atomic E-state index is 11.9. The lowest BCUT2D eigenvalue weighted by molar-refractivity contribution is -0.137. The molecule has 0 aliphatic heterocycles. The fraction of sp³-hybridized carbons (Fsp3) is 0.571. The number of aromatic nitrogens is 2. The molecule has 1 rings (SSSR count). The van der Waals surface area contributed by atoms with Crippen LogP contribution in [0.15, 0.2) is 4.34 Å². The third-order valence-corrected chi connectivity index (χ3v) is 3.47. The first-order valence-electron chi connectivity index (χ1n) is 4.38. The van der Waals surface area contributed by atoms with Gasteiger partial charge in [0.15, 0.2) is 4.34 Å². The van der Waals surface area contributed by atoms with Crippen molar-refractivity contribution >= 4 is 34.1 Å². The highest BCUT2D eigenvalue weighted by Gasteiger charge is 2.29. The van der Waals surface area contributed by atoms with Gasteiger partial charge in [0, 0.05) is 0 Å². The Morgan fingerprint density at radius 2 is 2.24 bits per heavy atom. The summed E-state index contributed by atoms with van der Waals surface area (Å²) in [6.45, 7) is 0.142. The predicted octanol–water partition coefficient (Wildman–Crippen LogP) is 1.28. The van der Waals surface area contributed by atoms with Gasteiger partial charge in [0.25, 0.3) is 0 Å². The van der Waals surface area contributed by atoms with E-state index >= 15 is 0 Å². The van der Waals surface area contributed by atoms with E-state index in [0.717, 1.165) is 23.1 Å². The maximum atomic E-state index is 11.9. The van der Waals surface area contributed by atoms with Crippen LogP contribution in [0, 0.1) is 0 Å². The van der Waals surface area contributed by atoms with Gasteiger partial charge in [-0.2, -0.15) is 13.2 Å². The number of nitrogens with one attached hydrogen (secondary N) is 1. The van der Waals surface area contributed by atoms with Crippen molar-refractivity contribution in [3.8, 4) is 0 Å². The van der Waals surface area contributed by atoms with Crippen molar-refractivity contribution in [1.82, 2.24) is 15.5 Å². The molecular formula is C7H9F3N4OS2. The van der Waals surface area contributed by atoms with Gasteiger partial charge in [-0.15, -0.1) is 10.2 Å². The van der Waals surface area contributed by atoms with Gasteiger partial charge < -0.3 is 11.1 Å². The summed E-state index contributed by atoms with van der Waals surface area (Å²) in [4.78, 5) is 11.3. The summed E-state index contributed by atoms with van der Waals surface area (Å²) in [7, 11) is 0. The molecule has 17 heavy (non-hydrogen) atoms. The summed E-state index contributed by atoms with van der Waals surface area (Å²) >= 11 is 2.08. The van der Waals surface area contributed by atoms with Gasteiger partial charge in [0.2, 0.25) is 11.0 Å². The highest BCUT2D eigenvalue weighted by molar-refractivity contribution is 8.02. The van der Waals surface area contributed by atoms with Crippen molar-refractivity contribution in [2.45, 2.75) is 22.7 Å². The van der Waals surface area contributed by atoms with Crippen LogP contribution in [0.1, 0.15) is 6.92 Å². The molecule has 1 heterocycles. The average molecular weight is 286 g/mol. The van der Waals surface area contributed by atoms with E-state index in [2.05, 4.69) is 10.2 Å². The van der Waals surface area contributed by atoms with Crippen LogP contribution in [0.3, 0.4) is 0 Å². The first-order chi connectivity index (χ1) is 7.78. The minimum Gasteiger partial charge on any atom is -0.374 e. The number of thioether (sulfide) groups is 1. The van der Waals surface area contributed by atoms with Gasteiger partial charge in [-0.3, -0.25) is 4.79 Å². The van der Waals surface area contributed by atoms with Gasteiger partial charge in [0.1, 0.15) is 6.54 Å². The average Bonchev–Trinajstić information content (AvgIpc) is 2.59. The number of hydrogen-bond acceptors (Lipinski definition) is 6. The number of alkyl halides is 3. The summed E-state index contributed by atoms with van der Waals surface area (Å²) in [5.74, 6) is -0.707. The van der Waals surface area contributed by atoms with Gasteiger partial charge in [0.05, 0.1) is 5.25 Å². The summed E-state index contributed by atoms with van der Waals surface area (Å²) in [5.41, 5.74) is 5.33. The van der Waals surface area contributed by atoms with Crippen molar-refractivity contribution < 1.29 is 18.0 Å². The lowest BCUT2D eigenvalue weighted by Crippen LogP contribution is -2.37.